The molecule has 3 rings (SSSR count). The molecule has 0 unspecified atom stereocenters. The summed E-state index contributed by atoms with van der Waals surface area (Å²) in [5.74, 6) is 0. The molecule has 0 saturated carbocycles. The molecule has 1 N–H and O–H groups in total. The van der Waals surface area contributed by atoms with E-state index in [2.05, 4.69) is 52.0 Å². The number of hydrogen-bond donors (Lipinski definition) is 1. The number of nitrogens with zero attached hydrogens (tertiary/aromatic N) is 3. The second-order valence-electron chi connectivity index (χ2n) is 4.60. The van der Waals surface area contributed by atoms with Crippen molar-refractivity contribution in [3.8, 4) is 11.3 Å². The van der Waals surface area contributed by atoms with E-state index in [9.17, 15) is 0 Å². The van der Waals surface area contributed by atoms with E-state index < -0.39 is 0 Å². The molecule has 6 heteroatoms. The molecule has 0 saturated heterocycles. The zero-order valence-electron chi connectivity index (χ0n) is 11.4. The van der Waals surface area contributed by atoms with Crippen LogP contribution in [0.5, 0.6) is 0 Å². The van der Waals surface area contributed by atoms with Crippen LogP contribution < -0.4 is 0 Å². The monoisotopic (exact) mass is 304 g/mol. The SMILES string of the molecule is CSc1nc(-c2ccc(C)cc2C)c2[nH]c(Cl)nc2n1. The number of hydrogen-bond acceptors (Lipinski definition) is 4. The van der Waals surface area contributed by atoms with Crippen LogP contribution in [0.25, 0.3) is 22.4 Å². The number of rotatable bonds is 2. The molecule has 4 nitrogen and oxygen atoms in total. The molecule has 3 aromatic rings. The van der Waals surface area contributed by atoms with E-state index >= 15 is 0 Å². The molecule has 0 radical (unpaired) electrons. The summed E-state index contributed by atoms with van der Waals surface area (Å²) >= 11 is 7.45. The fourth-order valence-electron chi connectivity index (χ4n) is 2.21. The van der Waals surface area contributed by atoms with Gasteiger partial charge in [-0.25, -0.2) is 9.97 Å². The Morgan fingerprint density at radius 3 is 2.65 bits per heavy atom. The van der Waals surface area contributed by atoms with Crippen LogP contribution in [0, 0.1) is 13.8 Å². The molecule has 0 amide bonds. The summed E-state index contributed by atoms with van der Waals surface area (Å²) < 4.78 is 0. The summed E-state index contributed by atoms with van der Waals surface area (Å²) in [6.07, 6.45) is 1.95. The van der Waals surface area contributed by atoms with Crippen molar-refractivity contribution in [2.75, 3.05) is 6.26 Å². The van der Waals surface area contributed by atoms with Crippen molar-refractivity contribution in [2.45, 2.75) is 19.0 Å². The van der Waals surface area contributed by atoms with Gasteiger partial charge in [-0.2, -0.15) is 4.98 Å². The van der Waals surface area contributed by atoms with Crippen LogP contribution >= 0.6 is 23.4 Å². The molecule has 0 atom stereocenters. The lowest BCUT2D eigenvalue weighted by Crippen LogP contribution is -1.94. The second kappa shape index (κ2) is 5.07. The summed E-state index contributed by atoms with van der Waals surface area (Å²) in [4.78, 5) is 16.2. The Labute approximate surface area is 126 Å². The van der Waals surface area contributed by atoms with Gasteiger partial charge in [0, 0.05) is 5.56 Å². The molecular weight excluding hydrogens is 292 g/mol. The normalized spacial score (nSPS) is 11.2. The number of aryl methyl sites for hydroxylation is 2. The van der Waals surface area contributed by atoms with Crippen molar-refractivity contribution >= 4 is 34.5 Å². The predicted octanol–water partition coefficient (Wildman–Crippen LogP) is 4.01. The maximum atomic E-state index is 5.96. The smallest absolute Gasteiger partial charge is 0.202 e. The Morgan fingerprint density at radius 2 is 1.95 bits per heavy atom. The lowest BCUT2D eigenvalue weighted by molar-refractivity contribution is 1.00. The molecule has 0 fully saturated rings. The summed E-state index contributed by atoms with van der Waals surface area (Å²) in [5.41, 5.74) is 5.69. The summed E-state index contributed by atoms with van der Waals surface area (Å²) in [6, 6.07) is 6.29. The minimum atomic E-state index is 0.332. The maximum absolute atomic E-state index is 5.96. The third-order valence-electron chi connectivity index (χ3n) is 3.12. The lowest BCUT2D eigenvalue weighted by atomic mass is 10.0. The molecule has 2 heterocycles. The van der Waals surface area contributed by atoms with E-state index in [4.69, 9.17) is 11.6 Å². The summed E-state index contributed by atoms with van der Waals surface area (Å²) in [7, 11) is 0. The third kappa shape index (κ3) is 2.27. The first-order valence-electron chi connectivity index (χ1n) is 6.13. The number of benzene rings is 1. The van der Waals surface area contributed by atoms with Crippen molar-refractivity contribution in [2.24, 2.45) is 0 Å². The Kier molecular flexibility index (Phi) is 3.40. The molecule has 0 aliphatic carbocycles. The number of H-pyrrole nitrogens is 1. The van der Waals surface area contributed by atoms with E-state index in [0.717, 1.165) is 16.8 Å². The van der Waals surface area contributed by atoms with Gasteiger partial charge in [-0.1, -0.05) is 35.5 Å². The van der Waals surface area contributed by atoms with Crippen LogP contribution in [0.2, 0.25) is 5.28 Å². The number of fused-ring (bicyclic) bond motifs is 1. The maximum Gasteiger partial charge on any atom is 0.202 e. The molecule has 0 aliphatic heterocycles. The van der Waals surface area contributed by atoms with Crippen molar-refractivity contribution in [3.05, 3.63) is 34.6 Å². The van der Waals surface area contributed by atoms with Gasteiger partial charge in [-0.05, 0) is 37.3 Å². The highest BCUT2D eigenvalue weighted by atomic mass is 35.5. The average molecular weight is 305 g/mol. The van der Waals surface area contributed by atoms with E-state index in [0.29, 0.717) is 16.1 Å². The number of imidazole rings is 1. The van der Waals surface area contributed by atoms with Crippen molar-refractivity contribution in [3.63, 3.8) is 0 Å². The first-order chi connectivity index (χ1) is 9.58. The fraction of sp³-hybridized carbons (Fsp3) is 0.214. The number of aromatic amines is 1. The van der Waals surface area contributed by atoms with Gasteiger partial charge in [0.05, 0.1) is 0 Å². The molecular formula is C14H13ClN4S. The van der Waals surface area contributed by atoms with Gasteiger partial charge in [-0.3, -0.25) is 0 Å². The van der Waals surface area contributed by atoms with E-state index in [1.165, 1.54) is 22.9 Å². The standard InChI is InChI=1S/C14H13ClN4S/c1-7-4-5-9(8(2)6-7)10-11-12(18-13(15)16-11)19-14(17-10)20-3/h4-6H,1-3H3,(H,16,17,18,19). The van der Waals surface area contributed by atoms with Gasteiger partial charge < -0.3 is 4.98 Å². The molecule has 102 valence electrons. The first kappa shape index (κ1) is 13.4. The minimum Gasteiger partial charge on any atom is -0.325 e. The number of aromatic nitrogens is 4. The summed E-state index contributed by atoms with van der Waals surface area (Å²) in [5, 5.41) is 1.02. The van der Waals surface area contributed by atoms with E-state index in [1.54, 1.807) is 0 Å². The number of thioether (sulfide) groups is 1. The Bertz CT molecular complexity index is 797. The van der Waals surface area contributed by atoms with Crippen molar-refractivity contribution in [1.82, 2.24) is 19.9 Å². The van der Waals surface area contributed by atoms with Crippen LogP contribution in [-0.2, 0) is 0 Å². The number of nitrogens with one attached hydrogen (secondary N) is 1. The van der Waals surface area contributed by atoms with Crippen molar-refractivity contribution < 1.29 is 0 Å². The largest absolute Gasteiger partial charge is 0.325 e. The minimum absolute atomic E-state index is 0.332. The summed E-state index contributed by atoms with van der Waals surface area (Å²) in [6.45, 7) is 4.15. The molecule has 2 aromatic heterocycles. The molecule has 1 aromatic carbocycles. The number of halogens is 1. The highest BCUT2D eigenvalue weighted by Gasteiger charge is 2.15. The highest BCUT2D eigenvalue weighted by molar-refractivity contribution is 7.98. The van der Waals surface area contributed by atoms with Crippen LogP contribution in [0.3, 0.4) is 0 Å². The molecule has 20 heavy (non-hydrogen) atoms. The van der Waals surface area contributed by atoms with E-state index in [1.807, 2.05) is 6.26 Å². The molecule has 0 bridgehead atoms. The highest BCUT2D eigenvalue weighted by Crippen LogP contribution is 2.30. The third-order valence-corrected chi connectivity index (χ3v) is 3.85. The van der Waals surface area contributed by atoms with Gasteiger partial charge in [0.2, 0.25) is 5.28 Å². The lowest BCUT2D eigenvalue weighted by Gasteiger charge is -2.08. The van der Waals surface area contributed by atoms with Crippen LogP contribution in [0.1, 0.15) is 11.1 Å². The average Bonchev–Trinajstić information content (AvgIpc) is 2.78. The van der Waals surface area contributed by atoms with Gasteiger partial charge in [0.1, 0.15) is 11.2 Å². The topological polar surface area (TPSA) is 54.5 Å². The van der Waals surface area contributed by atoms with Crippen LogP contribution in [0.4, 0.5) is 0 Å². The fourth-order valence-corrected chi connectivity index (χ4v) is 2.75. The first-order valence-corrected chi connectivity index (χ1v) is 7.73. The van der Waals surface area contributed by atoms with Crippen molar-refractivity contribution in [1.29, 1.82) is 0 Å². The molecule has 0 spiro atoms. The van der Waals surface area contributed by atoms with Crippen LogP contribution in [0.15, 0.2) is 23.4 Å². The Morgan fingerprint density at radius 1 is 1.15 bits per heavy atom. The second-order valence-corrected chi connectivity index (χ2v) is 5.73. The molecule has 0 aliphatic rings. The Hall–Kier alpha value is -1.59. The quantitative estimate of drug-likeness (QED) is 0.441. The van der Waals surface area contributed by atoms with Gasteiger partial charge in [0.25, 0.3) is 0 Å². The predicted molar refractivity (Wildman–Crippen MR) is 83.4 cm³/mol. The van der Waals surface area contributed by atoms with Gasteiger partial charge in [-0.15, -0.1) is 0 Å². The van der Waals surface area contributed by atoms with E-state index in [-0.39, 0.29) is 0 Å². The van der Waals surface area contributed by atoms with Gasteiger partial charge >= 0.3 is 0 Å². The zero-order valence-corrected chi connectivity index (χ0v) is 12.9. The zero-order chi connectivity index (χ0) is 14.3. The van der Waals surface area contributed by atoms with Gasteiger partial charge in [0.15, 0.2) is 10.8 Å². The Balaban J connectivity index is 2.33. The van der Waals surface area contributed by atoms with Crippen LogP contribution in [-0.4, -0.2) is 26.2 Å².